The molecule has 2 aromatic rings. The second-order valence-corrected chi connectivity index (χ2v) is 8.12. The number of hydrogen-bond acceptors (Lipinski definition) is 5. The molecule has 27 heavy (non-hydrogen) atoms. The zero-order valence-electron chi connectivity index (χ0n) is 14.3. The van der Waals surface area contributed by atoms with Crippen molar-refractivity contribution in [3.05, 3.63) is 64.7 Å². The standard InChI is InChI=1S/C19H18N2O5S/c20-11-12-4-7-15(8-5-12)27(25,26)21-17-3-1-2-13-10-14(6-9-16(13)17)18(22)19(23)24/h4-10,17-18,21-22H,1-3H2,(H,23,24). The first-order valence-electron chi connectivity index (χ1n) is 8.38. The molecular formula is C19H18N2O5S. The minimum Gasteiger partial charge on any atom is -0.479 e. The van der Waals surface area contributed by atoms with Gasteiger partial charge in [-0.3, -0.25) is 0 Å². The van der Waals surface area contributed by atoms with E-state index in [4.69, 9.17) is 10.4 Å². The highest BCUT2D eigenvalue weighted by Crippen LogP contribution is 2.33. The summed E-state index contributed by atoms with van der Waals surface area (Å²) < 4.78 is 28.0. The van der Waals surface area contributed by atoms with Gasteiger partial charge >= 0.3 is 5.97 Å². The number of carbonyl (C=O) groups is 1. The molecule has 2 atom stereocenters. The molecule has 3 rings (SSSR count). The first-order chi connectivity index (χ1) is 12.8. The van der Waals surface area contributed by atoms with Crippen molar-refractivity contribution in [1.29, 1.82) is 5.26 Å². The van der Waals surface area contributed by atoms with Gasteiger partial charge in [0.1, 0.15) is 0 Å². The number of aryl methyl sites for hydroxylation is 1. The number of carboxylic acids is 1. The predicted molar refractivity (Wildman–Crippen MR) is 96.2 cm³/mol. The number of nitrogens with one attached hydrogen (secondary N) is 1. The number of sulfonamides is 1. The van der Waals surface area contributed by atoms with Gasteiger partial charge in [-0.1, -0.05) is 18.2 Å². The molecule has 0 aromatic heterocycles. The Morgan fingerprint density at radius 2 is 1.93 bits per heavy atom. The van der Waals surface area contributed by atoms with Gasteiger partial charge in [-0.25, -0.2) is 17.9 Å². The van der Waals surface area contributed by atoms with Crippen LogP contribution in [0, 0.1) is 11.3 Å². The fourth-order valence-corrected chi connectivity index (χ4v) is 4.48. The third-order valence-electron chi connectivity index (χ3n) is 4.62. The molecule has 140 valence electrons. The van der Waals surface area contributed by atoms with Crippen molar-refractivity contribution in [3.8, 4) is 6.07 Å². The number of nitriles is 1. The van der Waals surface area contributed by atoms with Crippen molar-refractivity contribution in [1.82, 2.24) is 4.72 Å². The number of fused-ring (bicyclic) bond motifs is 1. The number of nitrogens with zero attached hydrogens (tertiary/aromatic N) is 1. The van der Waals surface area contributed by atoms with Crippen LogP contribution in [0.3, 0.4) is 0 Å². The summed E-state index contributed by atoms with van der Waals surface area (Å²) in [4.78, 5) is 11.0. The van der Waals surface area contributed by atoms with Gasteiger partial charge in [0.15, 0.2) is 6.10 Å². The smallest absolute Gasteiger partial charge is 0.337 e. The fraction of sp³-hybridized carbons (Fsp3) is 0.263. The van der Waals surface area contributed by atoms with Crippen molar-refractivity contribution < 1.29 is 23.4 Å². The van der Waals surface area contributed by atoms with Gasteiger partial charge in [-0.05, 0) is 60.2 Å². The summed E-state index contributed by atoms with van der Waals surface area (Å²) >= 11 is 0. The van der Waals surface area contributed by atoms with Crippen LogP contribution in [0.25, 0.3) is 0 Å². The Bertz CT molecular complexity index is 1010. The van der Waals surface area contributed by atoms with Gasteiger partial charge in [-0.15, -0.1) is 0 Å². The lowest BCUT2D eigenvalue weighted by Crippen LogP contribution is -2.31. The second-order valence-electron chi connectivity index (χ2n) is 6.40. The SMILES string of the molecule is N#Cc1ccc(S(=O)(=O)NC2CCCc3cc(C(O)C(=O)O)ccc32)cc1. The van der Waals surface area contributed by atoms with Crippen molar-refractivity contribution >= 4 is 16.0 Å². The van der Waals surface area contributed by atoms with Crippen LogP contribution in [-0.4, -0.2) is 24.6 Å². The maximum Gasteiger partial charge on any atom is 0.337 e. The molecule has 0 saturated heterocycles. The maximum absolute atomic E-state index is 12.7. The third kappa shape index (κ3) is 4.01. The Balaban J connectivity index is 1.87. The lowest BCUT2D eigenvalue weighted by atomic mass is 9.86. The molecule has 0 fully saturated rings. The molecule has 1 aliphatic rings. The zero-order valence-corrected chi connectivity index (χ0v) is 15.1. The first-order valence-corrected chi connectivity index (χ1v) is 9.86. The van der Waals surface area contributed by atoms with Gasteiger partial charge < -0.3 is 10.2 Å². The van der Waals surface area contributed by atoms with Gasteiger partial charge in [-0.2, -0.15) is 5.26 Å². The molecule has 0 bridgehead atoms. The Morgan fingerprint density at radius 3 is 2.56 bits per heavy atom. The van der Waals surface area contributed by atoms with E-state index in [-0.39, 0.29) is 10.5 Å². The number of benzene rings is 2. The normalized spacial score (nSPS) is 17.6. The molecule has 0 spiro atoms. The minimum absolute atomic E-state index is 0.0755. The highest BCUT2D eigenvalue weighted by molar-refractivity contribution is 7.89. The molecule has 7 nitrogen and oxygen atoms in total. The quantitative estimate of drug-likeness (QED) is 0.721. The molecule has 0 amide bonds. The third-order valence-corrected chi connectivity index (χ3v) is 6.11. The van der Waals surface area contributed by atoms with Gasteiger partial charge in [0.2, 0.25) is 10.0 Å². The largest absolute Gasteiger partial charge is 0.479 e. The van der Waals surface area contributed by atoms with Crippen LogP contribution >= 0.6 is 0 Å². The molecular weight excluding hydrogens is 368 g/mol. The molecule has 0 saturated carbocycles. The van der Waals surface area contributed by atoms with E-state index in [9.17, 15) is 18.3 Å². The van der Waals surface area contributed by atoms with E-state index in [0.29, 0.717) is 18.4 Å². The van der Waals surface area contributed by atoms with Crippen LogP contribution in [0.4, 0.5) is 0 Å². The van der Waals surface area contributed by atoms with Crippen LogP contribution in [0.15, 0.2) is 47.4 Å². The number of hydrogen-bond donors (Lipinski definition) is 3. The highest BCUT2D eigenvalue weighted by atomic mass is 32.2. The van der Waals surface area contributed by atoms with Gasteiger partial charge in [0.05, 0.1) is 16.5 Å². The number of rotatable bonds is 5. The molecule has 3 N–H and O–H groups in total. The summed E-state index contributed by atoms with van der Waals surface area (Å²) in [6.45, 7) is 0. The molecule has 0 heterocycles. The Morgan fingerprint density at radius 1 is 1.22 bits per heavy atom. The number of carboxylic acid groups (broad SMARTS) is 1. The summed E-state index contributed by atoms with van der Waals surface area (Å²) in [6.07, 6.45) is 0.430. The average Bonchev–Trinajstić information content (AvgIpc) is 2.67. The number of aliphatic carboxylic acids is 1. The summed E-state index contributed by atoms with van der Waals surface area (Å²) in [5, 5.41) is 27.5. The molecule has 1 aliphatic carbocycles. The van der Waals surface area contributed by atoms with Crippen molar-refractivity contribution in [3.63, 3.8) is 0 Å². The van der Waals surface area contributed by atoms with Gasteiger partial charge in [0.25, 0.3) is 0 Å². The Labute approximate surface area is 156 Å². The Kier molecular flexibility index (Phi) is 5.28. The lowest BCUT2D eigenvalue weighted by molar-refractivity contribution is -0.146. The van der Waals surface area contributed by atoms with Crippen molar-refractivity contribution in [2.24, 2.45) is 0 Å². The fourth-order valence-electron chi connectivity index (χ4n) is 3.23. The van der Waals surface area contributed by atoms with Crippen LogP contribution < -0.4 is 4.72 Å². The lowest BCUT2D eigenvalue weighted by Gasteiger charge is -2.27. The van der Waals surface area contributed by atoms with E-state index in [2.05, 4.69) is 4.72 Å². The van der Waals surface area contributed by atoms with Crippen LogP contribution in [0.2, 0.25) is 0 Å². The minimum atomic E-state index is -3.77. The predicted octanol–water partition coefficient (Wildman–Crippen LogP) is 2.03. The van der Waals surface area contributed by atoms with E-state index in [0.717, 1.165) is 17.5 Å². The van der Waals surface area contributed by atoms with E-state index in [1.54, 1.807) is 12.1 Å². The average molecular weight is 386 g/mol. The van der Waals surface area contributed by atoms with Gasteiger partial charge in [0, 0.05) is 6.04 Å². The monoisotopic (exact) mass is 386 g/mol. The molecule has 2 unspecified atom stereocenters. The molecule has 0 aliphatic heterocycles. The maximum atomic E-state index is 12.7. The Hall–Kier alpha value is -2.73. The van der Waals surface area contributed by atoms with E-state index < -0.39 is 28.1 Å². The number of aliphatic hydroxyl groups excluding tert-OH is 1. The van der Waals surface area contributed by atoms with Crippen molar-refractivity contribution in [2.45, 2.75) is 36.3 Å². The van der Waals surface area contributed by atoms with E-state index >= 15 is 0 Å². The van der Waals surface area contributed by atoms with Crippen LogP contribution in [-0.2, 0) is 21.2 Å². The zero-order chi connectivity index (χ0) is 19.6. The van der Waals surface area contributed by atoms with E-state index in [1.807, 2.05) is 6.07 Å². The highest BCUT2D eigenvalue weighted by Gasteiger charge is 2.27. The van der Waals surface area contributed by atoms with E-state index in [1.165, 1.54) is 30.3 Å². The number of aliphatic hydroxyl groups is 1. The summed E-state index contributed by atoms with van der Waals surface area (Å²) in [5.41, 5.74) is 2.25. The van der Waals surface area contributed by atoms with Crippen LogP contribution in [0.1, 0.15) is 47.2 Å². The first kappa shape index (κ1) is 19.0. The second kappa shape index (κ2) is 7.48. The summed E-state index contributed by atoms with van der Waals surface area (Å²) in [7, 11) is -3.77. The molecule has 8 heteroatoms. The topological polar surface area (TPSA) is 127 Å². The van der Waals surface area contributed by atoms with Crippen molar-refractivity contribution in [2.75, 3.05) is 0 Å². The van der Waals surface area contributed by atoms with Crippen LogP contribution in [0.5, 0.6) is 0 Å². The molecule has 0 radical (unpaired) electrons. The summed E-state index contributed by atoms with van der Waals surface area (Å²) in [6, 6.07) is 12.0. The summed E-state index contributed by atoms with van der Waals surface area (Å²) in [5.74, 6) is -1.33. The molecule has 2 aromatic carbocycles.